The summed E-state index contributed by atoms with van der Waals surface area (Å²) in [5.41, 5.74) is 1.14. The van der Waals surface area contributed by atoms with E-state index in [-0.39, 0.29) is 5.57 Å². The van der Waals surface area contributed by atoms with Gasteiger partial charge in [0.05, 0.1) is 8.95 Å². The van der Waals surface area contributed by atoms with Gasteiger partial charge in [-0.2, -0.15) is 5.26 Å². The van der Waals surface area contributed by atoms with Crippen molar-refractivity contribution in [3.63, 3.8) is 0 Å². The number of benzene rings is 2. The fourth-order valence-corrected chi connectivity index (χ4v) is 3.32. The van der Waals surface area contributed by atoms with E-state index in [1.54, 1.807) is 36.4 Å². The van der Waals surface area contributed by atoms with Gasteiger partial charge in [-0.1, -0.05) is 18.2 Å². The molecule has 0 saturated carbocycles. The van der Waals surface area contributed by atoms with E-state index in [1.807, 2.05) is 12.1 Å². The van der Waals surface area contributed by atoms with Crippen LogP contribution in [0.2, 0.25) is 0 Å². The number of carbonyl (C=O) groups excluding carboxylic acids is 2. The molecule has 0 radical (unpaired) electrons. The number of halogens is 2. The molecule has 0 aliphatic heterocycles. The van der Waals surface area contributed by atoms with E-state index in [0.29, 0.717) is 25.9 Å². The summed E-state index contributed by atoms with van der Waals surface area (Å²) in [4.78, 5) is 23.4. The Labute approximate surface area is 161 Å². The fraction of sp³-hybridized carbons (Fsp3) is 0.0556. The molecular formula is C18H12Br2N2O3. The highest BCUT2D eigenvalue weighted by Gasteiger charge is 2.13. The molecule has 0 fully saturated rings. The van der Waals surface area contributed by atoms with E-state index >= 15 is 0 Å². The first kappa shape index (κ1) is 18.9. The minimum Gasteiger partial charge on any atom is -0.424 e. The lowest BCUT2D eigenvalue weighted by Gasteiger charge is -2.08. The van der Waals surface area contributed by atoms with Crippen molar-refractivity contribution in [2.75, 3.05) is 5.32 Å². The average molecular weight is 464 g/mol. The molecule has 0 unspecified atom stereocenters. The third-order valence-electron chi connectivity index (χ3n) is 2.97. The van der Waals surface area contributed by atoms with Gasteiger partial charge in [-0.05, 0) is 67.8 Å². The number of carbonyl (C=O) groups is 2. The Morgan fingerprint density at radius 3 is 2.28 bits per heavy atom. The number of amides is 1. The smallest absolute Gasteiger partial charge is 0.308 e. The molecule has 2 rings (SSSR count). The van der Waals surface area contributed by atoms with Crippen LogP contribution in [0.3, 0.4) is 0 Å². The van der Waals surface area contributed by atoms with Crippen molar-refractivity contribution in [3.05, 3.63) is 62.5 Å². The summed E-state index contributed by atoms with van der Waals surface area (Å²) in [5, 5.41) is 11.9. The topological polar surface area (TPSA) is 79.2 Å². The van der Waals surface area contributed by atoms with Gasteiger partial charge in [-0.25, -0.2) is 0 Å². The Bertz CT molecular complexity index is 864. The number of nitriles is 1. The summed E-state index contributed by atoms with van der Waals surface area (Å²) in [6.45, 7) is 1.30. The number of nitrogens with one attached hydrogen (secondary N) is 1. The first-order valence-electron chi connectivity index (χ1n) is 7.06. The van der Waals surface area contributed by atoms with Crippen molar-refractivity contribution in [2.45, 2.75) is 6.92 Å². The van der Waals surface area contributed by atoms with Gasteiger partial charge < -0.3 is 10.1 Å². The second kappa shape index (κ2) is 8.60. The van der Waals surface area contributed by atoms with Crippen molar-refractivity contribution in [1.29, 1.82) is 5.26 Å². The predicted molar refractivity (Wildman–Crippen MR) is 102 cm³/mol. The van der Waals surface area contributed by atoms with E-state index < -0.39 is 11.9 Å². The molecule has 0 aromatic heterocycles. The molecule has 126 valence electrons. The molecule has 0 aliphatic rings. The molecule has 0 bridgehead atoms. The average Bonchev–Trinajstić information content (AvgIpc) is 2.56. The van der Waals surface area contributed by atoms with Crippen LogP contribution in [0.4, 0.5) is 5.69 Å². The van der Waals surface area contributed by atoms with Crippen LogP contribution >= 0.6 is 31.9 Å². The zero-order valence-corrected chi connectivity index (χ0v) is 16.2. The number of rotatable bonds is 4. The van der Waals surface area contributed by atoms with Gasteiger partial charge in [-0.3, -0.25) is 9.59 Å². The van der Waals surface area contributed by atoms with Crippen LogP contribution in [0.5, 0.6) is 5.75 Å². The summed E-state index contributed by atoms with van der Waals surface area (Å²) in [6.07, 6.45) is 1.45. The third-order valence-corrected chi connectivity index (χ3v) is 4.15. The van der Waals surface area contributed by atoms with Gasteiger partial charge in [0.1, 0.15) is 11.6 Å². The summed E-state index contributed by atoms with van der Waals surface area (Å²) in [7, 11) is 0. The maximum absolute atomic E-state index is 12.2. The van der Waals surface area contributed by atoms with Crippen molar-refractivity contribution in [3.8, 4) is 11.8 Å². The van der Waals surface area contributed by atoms with Crippen LogP contribution in [0.15, 0.2) is 57.0 Å². The molecule has 0 aliphatic carbocycles. The van der Waals surface area contributed by atoms with Gasteiger partial charge in [0.2, 0.25) is 0 Å². The summed E-state index contributed by atoms with van der Waals surface area (Å²) < 4.78 is 6.13. The zero-order valence-electron chi connectivity index (χ0n) is 13.0. The third kappa shape index (κ3) is 5.28. The largest absolute Gasteiger partial charge is 0.424 e. The number of para-hydroxylation sites is 1. The van der Waals surface area contributed by atoms with Crippen LogP contribution in [-0.4, -0.2) is 11.9 Å². The number of anilines is 1. The quantitative estimate of drug-likeness (QED) is 0.309. The van der Waals surface area contributed by atoms with Crippen molar-refractivity contribution in [2.24, 2.45) is 0 Å². The summed E-state index contributed by atoms with van der Waals surface area (Å²) in [5.74, 6) is -0.633. The van der Waals surface area contributed by atoms with Crippen LogP contribution in [0, 0.1) is 11.3 Å². The zero-order chi connectivity index (χ0) is 18.4. The Morgan fingerprint density at radius 2 is 1.76 bits per heavy atom. The van der Waals surface area contributed by atoms with E-state index in [1.165, 1.54) is 13.0 Å². The normalized spacial score (nSPS) is 10.7. The van der Waals surface area contributed by atoms with Gasteiger partial charge in [0.15, 0.2) is 5.75 Å². The van der Waals surface area contributed by atoms with E-state index in [9.17, 15) is 14.9 Å². The molecule has 1 amide bonds. The summed E-state index contributed by atoms with van der Waals surface area (Å²) in [6, 6.07) is 14.0. The first-order chi connectivity index (χ1) is 11.9. The SMILES string of the molecule is CC(=O)Oc1c(Br)cc(/C=C(\C#N)C(=O)Nc2ccccc2)cc1Br. The first-order valence-corrected chi connectivity index (χ1v) is 8.65. The lowest BCUT2D eigenvalue weighted by Crippen LogP contribution is -2.13. The number of hydrogen-bond donors (Lipinski definition) is 1. The fourth-order valence-electron chi connectivity index (χ4n) is 1.94. The molecule has 2 aromatic carbocycles. The Morgan fingerprint density at radius 1 is 1.16 bits per heavy atom. The van der Waals surface area contributed by atoms with Gasteiger partial charge in [0, 0.05) is 12.6 Å². The van der Waals surface area contributed by atoms with Crippen LogP contribution in [-0.2, 0) is 9.59 Å². The van der Waals surface area contributed by atoms with Crippen molar-refractivity contribution in [1.82, 2.24) is 0 Å². The lowest BCUT2D eigenvalue weighted by atomic mass is 10.1. The Hall–Kier alpha value is -2.43. The van der Waals surface area contributed by atoms with Crippen LogP contribution in [0.25, 0.3) is 6.08 Å². The molecular weight excluding hydrogens is 452 g/mol. The molecule has 1 N–H and O–H groups in total. The molecule has 7 heteroatoms. The van der Waals surface area contributed by atoms with Crippen LogP contribution < -0.4 is 10.1 Å². The Balaban J connectivity index is 2.29. The summed E-state index contributed by atoms with van der Waals surface area (Å²) >= 11 is 6.62. The van der Waals surface area contributed by atoms with E-state index in [4.69, 9.17) is 4.74 Å². The van der Waals surface area contributed by atoms with Crippen molar-refractivity contribution >= 4 is 55.5 Å². The molecule has 25 heavy (non-hydrogen) atoms. The molecule has 2 aromatic rings. The van der Waals surface area contributed by atoms with Gasteiger partial charge >= 0.3 is 5.97 Å². The minimum absolute atomic E-state index is 0.0529. The minimum atomic E-state index is -0.509. The van der Waals surface area contributed by atoms with E-state index in [2.05, 4.69) is 37.2 Å². The second-order valence-electron chi connectivity index (χ2n) is 4.90. The highest BCUT2D eigenvalue weighted by molar-refractivity contribution is 9.11. The van der Waals surface area contributed by atoms with Gasteiger partial charge in [-0.15, -0.1) is 0 Å². The van der Waals surface area contributed by atoms with Crippen molar-refractivity contribution < 1.29 is 14.3 Å². The molecule has 0 spiro atoms. The number of hydrogen-bond acceptors (Lipinski definition) is 4. The maximum Gasteiger partial charge on any atom is 0.308 e. The maximum atomic E-state index is 12.2. The van der Waals surface area contributed by atoms with Crippen LogP contribution in [0.1, 0.15) is 12.5 Å². The van der Waals surface area contributed by atoms with E-state index in [0.717, 1.165) is 0 Å². The number of esters is 1. The second-order valence-corrected chi connectivity index (χ2v) is 6.61. The highest BCUT2D eigenvalue weighted by Crippen LogP contribution is 2.35. The Kier molecular flexibility index (Phi) is 6.51. The molecule has 0 saturated heterocycles. The monoisotopic (exact) mass is 462 g/mol. The molecule has 5 nitrogen and oxygen atoms in total. The number of nitrogens with zero attached hydrogens (tertiary/aromatic N) is 1. The predicted octanol–water partition coefficient (Wildman–Crippen LogP) is 4.68. The lowest BCUT2D eigenvalue weighted by molar-refractivity contribution is -0.132. The molecule has 0 atom stereocenters. The number of ether oxygens (including phenoxy) is 1. The standard InChI is InChI=1S/C18H12Br2N2O3/c1-11(23)25-17-15(19)8-12(9-16(17)20)7-13(10-21)18(24)22-14-5-3-2-4-6-14/h2-9H,1H3,(H,22,24)/b13-7+. The highest BCUT2D eigenvalue weighted by atomic mass is 79.9. The van der Waals surface area contributed by atoms with Gasteiger partial charge in [0.25, 0.3) is 5.91 Å². The molecule has 0 heterocycles.